The smallest absolute Gasteiger partial charge is 0.233 e. The second-order valence-corrected chi connectivity index (χ2v) is 5.76. The SMILES string of the molecule is COC(C)(C)C#Cc1ccc2c(c1)N(C)C(=O)[C@@H](C)CO2. The molecule has 0 unspecified atom stereocenters. The molecular formula is C17H21NO3. The van der Waals surface area contributed by atoms with Crippen LogP contribution in [0.3, 0.4) is 0 Å². The minimum Gasteiger partial charge on any atom is -0.491 e. The van der Waals surface area contributed by atoms with Gasteiger partial charge in [-0.2, -0.15) is 0 Å². The highest BCUT2D eigenvalue weighted by molar-refractivity contribution is 5.96. The number of methoxy groups -OCH3 is 1. The molecule has 4 nitrogen and oxygen atoms in total. The summed E-state index contributed by atoms with van der Waals surface area (Å²) in [5.74, 6) is 6.77. The van der Waals surface area contributed by atoms with Gasteiger partial charge in [-0.1, -0.05) is 18.8 Å². The summed E-state index contributed by atoms with van der Waals surface area (Å²) in [6.07, 6.45) is 0. The molecule has 112 valence electrons. The monoisotopic (exact) mass is 287 g/mol. The molecule has 0 radical (unpaired) electrons. The lowest BCUT2D eigenvalue weighted by molar-refractivity contribution is -0.122. The molecule has 2 rings (SSSR count). The van der Waals surface area contributed by atoms with Crippen molar-refractivity contribution in [3.8, 4) is 17.6 Å². The Morgan fingerprint density at radius 3 is 2.81 bits per heavy atom. The summed E-state index contributed by atoms with van der Waals surface area (Å²) in [6, 6.07) is 5.64. The predicted molar refractivity (Wildman–Crippen MR) is 82.5 cm³/mol. The van der Waals surface area contributed by atoms with Crippen LogP contribution in [-0.4, -0.2) is 32.3 Å². The van der Waals surface area contributed by atoms with Crippen LogP contribution in [0, 0.1) is 17.8 Å². The zero-order valence-corrected chi connectivity index (χ0v) is 13.2. The summed E-state index contributed by atoms with van der Waals surface area (Å²) >= 11 is 0. The topological polar surface area (TPSA) is 38.8 Å². The Morgan fingerprint density at radius 2 is 2.14 bits per heavy atom. The summed E-state index contributed by atoms with van der Waals surface area (Å²) in [5.41, 5.74) is 1.09. The lowest BCUT2D eigenvalue weighted by Crippen LogP contribution is -2.31. The Morgan fingerprint density at radius 1 is 1.43 bits per heavy atom. The van der Waals surface area contributed by atoms with Crippen molar-refractivity contribution in [2.45, 2.75) is 26.4 Å². The fraction of sp³-hybridized carbons (Fsp3) is 0.471. The Kier molecular flexibility index (Phi) is 4.24. The third kappa shape index (κ3) is 3.37. The summed E-state index contributed by atoms with van der Waals surface area (Å²) in [5, 5.41) is 0. The van der Waals surface area contributed by atoms with Gasteiger partial charge in [-0.15, -0.1) is 0 Å². The molecule has 0 saturated heterocycles. The first-order chi connectivity index (χ1) is 9.84. The van der Waals surface area contributed by atoms with Crippen molar-refractivity contribution >= 4 is 11.6 Å². The average molecular weight is 287 g/mol. The van der Waals surface area contributed by atoms with Gasteiger partial charge in [-0.3, -0.25) is 4.79 Å². The van der Waals surface area contributed by atoms with Crippen molar-refractivity contribution < 1.29 is 14.3 Å². The largest absolute Gasteiger partial charge is 0.491 e. The van der Waals surface area contributed by atoms with Crippen LogP contribution in [0.2, 0.25) is 0 Å². The number of amides is 1. The molecule has 1 aliphatic heterocycles. The normalized spacial score (nSPS) is 18.2. The van der Waals surface area contributed by atoms with Crippen molar-refractivity contribution in [2.24, 2.45) is 5.92 Å². The lowest BCUT2D eigenvalue weighted by Gasteiger charge is -2.18. The molecule has 1 aromatic carbocycles. The second-order valence-electron chi connectivity index (χ2n) is 5.76. The van der Waals surface area contributed by atoms with E-state index in [9.17, 15) is 4.79 Å². The number of rotatable bonds is 1. The minimum absolute atomic E-state index is 0.0519. The van der Waals surface area contributed by atoms with Gasteiger partial charge in [0.15, 0.2) is 0 Å². The Labute approximate surface area is 126 Å². The van der Waals surface area contributed by atoms with Gasteiger partial charge < -0.3 is 14.4 Å². The first-order valence-corrected chi connectivity index (χ1v) is 6.97. The van der Waals surface area contributed by atoms with E-state index < -0.39 is 5.60 Å². The van der Waals surface area contributed by atoms with Gasteiger partial charge in [0.2, 0.25) is 5.91 Å². The maximum atomic E-state index is 12.2. The van der Waals surface area contributed by atoms with E-state index in [0.29, 0.717) is 12.4 Å². The second kappa shape index (κ2) is 5.79. The van der Waals surface area contributed by atoms with E-state index in [2.05, 4.69) is 11.8 Å². The number of hydrogen-bond donors (Lipinski definition) is 0. The molecular weight excluding hydrogens is 266 g/mol. The quantitative estimate of drug-likeness (QED) is 0.745. The fourth-order valence-electron chi connectivity index (χ4n) is 1.99. The maximum absolute atomic E-state index is 12.2. The van der Waals surface area contributed by atoms with Crippen LogP contribution in [0.15, 0.2) is 18.2 Å². The van der Waals surface area contributed by atoms with Gasteiger partial charge in [0.05, 0.1) is 18.2 Å². The van der Waals surface area contributed by atoms with Gasteiger partial charge >= 0.3 is 0 Å². The number of benzene rings is 1. The minimum atomic E-state index is -0.500. The van der Waals surface area contributed by atoms with Gasteiger partial charge in [0, 0.05) is 19.7 Å². The number of ether oxygens (including phenoxy) is 2. The van der Waals surface area contributed by atoms with E-state index >= 15 is 0 Å². The molecule has 0 fully saturated rings. The number of anilines is 1. The first-order valence-electron chi connectivity index (χ1n) is 6.97. The van der Waals surface area contributed by atoms with E-state index in [-0.39, 0.29) is 11.8 Å². The number of carbonyl (C=O) groups is 1. The van der Waals surface area contributed by atoms with Gasteiger partial charge in [0.25, 0.3) is 0 Å². The van der Waals surface area contributed by atoms with Crippen LogP contribution in [0.5, 0.6) is 5.75 Å². The van der Waals surface area contributed by atoms with Gasteiger partial charge in [0.1, 0.15) is 11.4 Å². The van der Waals surface area contributed by atoms with Crippen LogP contribution in [0.1, 0.15) is 26.3 Å². The van der Waals surface area contributed by atoms with E-state index in [1.54, 1.807) is 19.1 Å². The van der Waals surface area contributed by atoms with Gasteiger partial charge in [-0.25, -0.2) is 0 Å². The Hall–Kier alpha value is -1.99. The van der Waals surface area contributed by atoms with Crippen molar-refractivity contribution in [1.82, 2.24) is 0 Å². The Bertz CT molecular complexity index is 610. The molecule has 0 aliphatic carbocycles. The summed E-state index contributed by atoms with van der Waals surface area (Å²) in [4.78, 5) is 13.8. The zero-order chi connectivity index (χ0) is 15.6. The predicted octanol–water partition coefficient (Wildman–Crippen LogP) is 2.45. The van der Waals surface area contributed by atoms with E-state index in [1.807, 2.05) is 39.0 Å². The van der Waals surface area contributed by atoms with Crippen LogP contribution in [-0.2, 0) is 9.53 Å². The van der Waals surface area contributed by atoms with Crippen LogP contribution < -0.4 is 9.64 Å². The van der Waals surface area contributed by atoms with Crippen LogP contribution >= 0.6 is 0 Å². The number of carbonyl (C=O) groups excluding carboxylic acids is 1. The summed E-state index contributed by atoms with van der Waals surface area (Å²) < 4.78 is 11.0. The molecule has 21 heavy (non-hydrogen) atoms. The zero-order valence-electron chi connectivity index (χ0n) is 13.2. The number of fused-ring (bicyclic) bond motifs is 1. The number of hydrogen-bond acceptors (Lipinski definition) is 3. The van der Waals surface area contributed by atoms with E-state index in [0.717, 1.165) is 11.3 Å². The van der Waals surface area contributed by atoms with Gasteiger partial charge in [-0.05, 0) is 32.0 Å². The number of nitrogens with zero attached hydrogens (tertiary/aromatic N) is 1. The van der Waals surface area contributed by atoms with E-state index in [1.165, 1.54) is 0 Å². The van der Waals surface area contributed by atoms with Crippen molar-refractivity contribution in [3.63, 3.8) is 0 Å². The molecule has 0 spiro atoms. The molecule has 0 bridgehead atoms. The maximum Gasteiger partial charge on any atom is 0.233 e. The van der Waals surface area contributed by atoms with Crippen LogP contribution in [0.25, 0.3) is 0 Å². The molecule has 0 aromatic heterocycles. The average Bonchev–Trinajstić information content (AvgIpc) is 2.58. The molecule has 1 aliphatic rings. The summed E-state index contributed by atoms with van der Waals surface area (Å²) in [6.45, 7) is 6.08. The molecule has 0 saturated carbocycles. The molecule has 4 heteroatoms. The van der Waals surface area contributed by atoms with Crippen molar-refractivity contribution in [3.05, 3.63) is 23.8 Å². The lowest BCUT2D eigenvalue weighted by atomic mass is 10.1. The third-order valence-electron chi connectivity index (χ3n) is 3.58. The standard InChI is InChI=1S/C17H21NO3/c1-12-11-21-15-7-6-13(8-9-17(2,3)20-5)10-14(15)18(4)16(12)19/h6-7,10,12H,11H2,1-5H3/t12-/m0/s1. The van der Waals surface area contributed by atoms with Crippen molar-refractivity contribution in [2.75, 3.05) is 25.7 Å². The molecule has 1 amide bonds. The highest BCUT2D eigenvalue weighted by Gasteiger charge is 2.26. The van der Waals surface area contributed by atoms with Crippen molar-refractivity contribution in [1.29, 1.82) is 0 Å². The van der Waals surface area contributed by atoms with Crippen LogP contribution in [0.4, 0.5) is 5.69 Å². The first kappa shape index (κ1) is 15.4. The summed E-state index contributed by atoms with van der Waals surface area (Å²) in [7, 11) is 3.40. The molecule has 0 N–H and O–H groups in total. The highest BCUT2D eigenvalue weighted by Crippen LogP contribution is 2.32. The fourth-order valence-corrected chi connectivity index (χ4v) is 1.99. The highest BCUT2D eigenvalue weighted by atomic mass is 16.5. The molecule has 1 aromatic rings. The molecule has 1 atom stereocenters. The Balaban J connectivity index is 2.37. The molecule has 1 heterocycles. The third-order valence-corrected chi connectivity index (χ3v) is 3.58. The van der Waals surface area contributed by atoms with E-state index in [4.69, 9.17) is 9.47 Å².